The largest absolute Gasteiger partial charge is 0.497 e. The van der Waals surface area contributed by atoms with Gasteiger partial charge in [-0.3, -0.25) is 9.36 Å². The van der Waals surface area contributed by atoms with Crippen molar-refractivity contribution in [3.05, 3.63) is 70.8 Å². The minimum absolute atomic E-state index is 0.219. The van der Waals surface area contributed by atoms with Crippen molar-refractivity contribution in [2.24, 2.45) is 0 Å². The molecule has 0 unspecified atom stereocenters. The fourth-order valence-corrected chi connectivity index (χ4v) is 2.75. The molecule has 3 aromatic rings. The lowest BCUT2D eigenvalue weighted by Gasteiger charge is -2.08. The normalized spacial score (nSPS) is 10.6. The summed E-state index contributed by atoms with van der Waals surface area (Å²) in [6.07, 6.45) is 1.82. The molecule has 140 valence electrons. The van der Waals surface area contributed by atoms with Crippen LogP contribution in [0.1, 0.15) is 5.56 Å². The van der Waals surface area contributed by atoms with Crippen molar-refractivity contribution in [1.29, 1.82) is 0 Å². The molecule has 7 heteroatoms. The smallest absolute Gasteiger partial charge is 0.328 e. The lowest BCUT2D eigenvalue weighted by molar-refractivity contribution is -0.121. The molecule has 0 aliphatic carbocycles. The number of imidazole rings is 1. The topological polar surface area (TPSA) is 96.3 Å². The van der Waals surface area contributed by atoms with Crippen LogP contribution in [0.25, 0.3) is 11.1 Å². The Morgan fingerprint density at radius 1 is 1.19 bits per heavy atom. The predicted molar refractivity (Wildman–Crippen MR) is 102 cm³/mol. The fraction of sp³-hybridized carbons (Fsp3) is 0.200. The number of aromatic amines is 1. The SMILES string of the molecule is COc1cccc(-c2ccc(CCNC(=O)Cn3c(O)c[nH]c3=O)cc2)c1. The highest BCUT2D eigenvalue weighted by atomic mass is 16.5. The second-order valence-corrected chi connectivity index (χ2v) is 6.07. The van der Waals surface area contributed by atoms with Crippen molar-refractivity contribution in [1.82, 2.24) is 14.9 Å². The molecular formula is C20H21N3O4. The Labute approximate surface area is 156 Å². The minimum atomic E-state index is -0.518. The van der Waals surface area contributed by atoms with Crippen LogP contribution in [0.2, 0.25) is 0 Å². The minimum Gasteiger partial charge on any atom is -0.497 e. The van der Waals surface area contributed by atoms with E-state index in [1.165, 1.54) is 0 Å². The van der Waals surface area contributed by atoms with Crippen LogP contribution in [-0.4, -0.2) is 34.2 Å². The van der Waals surface area contributed by atoms with Crippen LogP contribution in [0, 0.1) is 0 Å². The molecule has 0 saturated heterocycles. The molecule has 2 aromatic carbocycles. The summed E-state index contributed by atoms with van der Waals surface area (Å²) in [6.45, 7) is 0.222. The van der Waals surface area contributed by atoms with Gasteiger partial charge in [0.25, 0.3) is 0 Å². The van der Waals surface area contributed by atoms with Gasteiger partial charge in [-0.15, -0.1) is 0 Å². The molecular weight excluding hydrogens is 346 g/mol. The number of hydrogen-bond acceptors (Lipinski definition) is 4. The number of aromatic nitrogens is 2. The average Bonchev–Trinajstić information content (AvgIpc) is 3.00. The molecule has 3 rings (SSSR count). The molecule has 3 N–H and O–H groups in total. The van der Waals surface area contributed by atoms with E-state index in [-0.39, 0.29) is 18.3 Å². The van der Waals surface area contributed by atoms with Gasteiger partial charge in [-0.25, -0.2) is 4.79 Å². The van der Waals surface area contributed by atoms with Crippen LogP contribution in [-0.2, 0) is 17.8 Å². The second kappa shape index (κ2) is 8.27. The number of carbonyl (C=O) groups is 1. The van der Waals surface area contributed by atoms with E-state index in [9.17, 15) is 14.7 Å². The van der Waals surface area contributed by atoms with E-state index in [1.54, 1.807) is 7.11 Å². The summed E-state index contributed by atoms with van der Waals surface area (Å²) in [6, 6.07) is 16.0. The number of H-pyrrole nitrogens is 1. The quantitative estimate of drug-likeness (QED) is 0.594. The van der Waals surface area contributed by atoms with Gasteiger partial charge in [0, 0.05) is 6.54 Å². The number of methoxy groups -OCH3 is 1. The number of amides is 1. The molecule has 0 bridgehead atoms. The van der Waals surface area contributed by atoms with Gasteiger partial charge >= 0.3 is 5.69 Å². The van der Waals surface area contributed by atoms with E-state index < -0.39 is 5.69 Å². The highest BCUT2D eigenvalue weighted by Crippen LogP contribution is 2.24. The molecule has 0 radical (unpaired) electrons. The Morgan fingerprint density at radius 3 is 2.63 bits per heavy atom. The number of aromatic hydroxyl groups is 1. The fourth-order valence-electron chi connectivity index (χ4n) is 2.75. The molecule has 1 aromatic heterocycles. The van der Waals surface area contributed by atoms with E-state index in [0.29, 0.717) is 13.0 Å². The number of nitrogens with one attached hydrogen (secondary N) is 2. The van der Waals surface area contributed by atoms with Crippen molar-refractivity contribution in [2.45, 2.75) is 13.0 Å². The second-order valence-electron chi connectivity index (χ2n) is 6.07. The number of benzene rings is 2. The van der Waals surface area contributed by atoms with E-state index in [1.807, 2.05) is 48.5 Å². The van der Waals surface area contributed by atoms with Gasteiger partial charge in [0.05, 0.1) is 13.3 Å². The molecule has 7 nitrogen and oxygen atoms in total. The van der Waals surface area contributed by atoms with E-state index in [4.69, 9.17) is 4.74 Å². The van der Waals surface area contributed by atoms with Crippen LogP contribution >= 0.6 is 0 Å². The number of rotatable bonds is 7. The Balaban J connectivity index is 1.53. The first kappa shape index (κ1) is 18.3. The Bertz CT molecular complexity index is 973. The molecule has 1 amide bonds. The molecule has 0 spiro atoms. The molecule has 0 atom stereocenters. The summed E-state index contributed by atoms with van der Waals surface area (Å²) in [4.78, 5) is 25.6. The van der Waals surface area contributed by atoms with E-state index >= 15 is 0 Å². The third kappa shape index (κ3) is 4.58. The lowest BCUT2D eigenvalue weighted by atomic mass is 10.0. The van der Waals surface area contributed by atoms with Crippen molar-refractivity contribution in [3.8, 4) is 22.8 Å². The van der Waals surface area contributed by atoms with Gasteiger partial charge in [-0.05, 0) is 35.2 Å². The zero-order valence-corrected chi connectivity index (χ0v) is 14.9. The number of ether oxygens (including phenoxy) is 1. The number of carbonyl (C=O) groups excluding carboxylic acids is 1. The monoisotopic (exact) mass is 367 g/mol. The van der Waals surface area contributed by atoms with Crippen molar-refractivity contribution in [2.75, 3.05) is 13.7 Å². The van der Waals surface area contributed by atoms with E-state index in [0.717, 1.165) is 33.2 Å². The van der Waals surface area contributed by atoms with Crippen molar-refractivity contribution in [3.63, 3.8) is 0 Å². The van der Waals surface area contributed by atoms with Crippen LogP contribution in [0.4, 0.5) is 0 Å². The van der Waals surface area contributed by atoms with Crippen molar-refractivity contribution < 1.29 is 14.6 Å². The van der Waals surface area contributed by atoms with Crippen LogP contribution in [0.5, 0.6) is 11.6 Å². The highest BCUT2D eigenvalue weighted by molar-refractivity contribution is 5.75. The summed E-state index contributed by atoms with van der Waals surface area (Å²) in [5, 5.41) is 12.2. The molecule has 27 heavy (non-hydrogen) atoms. The van der Waals surface area contributed by atoms with Gasteiger partial charge in [0.15, 0.2) is 0 Å². The highest BCUT2D eigenvalue weighted by Gasteiger charge is 2.09. The standard InChI is InChI=1S/C20H21N3O4/c1-27-17-4-2-3-16(11-17)15-7-5-14(6-8-15)9-10-21-18(24)13-23-19(25)12-22-20(23)26/h2-8,11-12,25H,9-10,13H2,1H3,(H,21,24)(H,22,26). The summed E-state index contributed by atoms with van der Waals surface area (Å²) in [7, 11) is 1.64. The number of hydrogen-bond donors (Lipinski definition) is 3. The van der Waals surface area contributed by atoms with E-state index in [2.05, 4.69) is 10.3 Å². The molecule has 0 saturated carbocycles. The predicted octanol–water partition coefficient (Wildman–Crippen LogP) is 1.92. The van der Waals surface area contributed by atoms with Gasteiger partial charge < -0.3 is 20.1 Å². The summed E-state index contributed by atoms with van der Waals surface area (Å²) >= 11 is 0. The van der Waals surface area contributed by atoms with Crippen LogP contribution in [0.15, 0.2) is 59.5 Å². The van der Waals surface area contributed by atoms with Gasteiger partial charge in [-0.1, -0.05) is 36.4 Å². The first-order valence-electron chi connectivity index (χ1n) is 8.54. The van der Waals surface area contributed by atoms with Crippen molar-refractivity contribution >= 4 is 5.91 Å². The Morgan fingerprint density at radius 2 is 1.96 bits per heavy atom. The molecule has 0 aliphatic rings. The Hall–Kier alpha value is -3.48. The maximum Gasteiger partial charge on any atom is 0.328 e. The van der Waals surface area contributed by atoms with Gasteiger partial charge in [0.2, 0.25) is 11.8 Å². The maximum absolute atomic E-state index is 11.9. The van der Waals surface area contributed by atoms with Crippen LogP contribution in [0.3, 0.4) is 0 Å². The lowest BCUT2D eigenvalue weighted by Crippen LogP contribution is -2.32. The first-order valence-corrected chi connectivity index (χ1v) is 8.54. The zero-order chi connectivity index (χ0) is 19.2. The van der Waals surface area contributed by atoms with Gasteiger partial charge in [-0.2, -0.15) is 0 Å². The molecule has 1 heterocycles. The Kier molecular flexibility index (Phi) is 5.61. The molecule has 0 fully saturated rings. The summed E-state index contributed by atoms with van der Waals surface area (Å²) < 4.78 is 6.22. The van der Waals surface area contributed by atoms with Crippen LogP contribution < -0.4 is 15.7 Å². The zero-order valence-electron chi connectivity index (χ0n) is 14.9. The summed E-state index contributed by atoms with van der Waals surface area (Å²) in [5.74, 6) is 0.218. The van der Waals surface area contributed by atoms with Gasteiger partial charge in [0.1, 0.15) is 12.3 Å². The maximum atomic E-state index is 11.9. The number of nitrogens with zero attached hydrogens (tertiary/aromatic N) is 1. The summed E-state index contributed by atoms with van der Waals surface area (Å²) in [5.41, 5.74) is 2.73. The third-order valence-electron chi connectivity index (χ3n) is 4.24. The molecule has 0 aliphatic heterocycles. The third-order valence-corrected chi connectivity index (χ3v) is 4.24. The first-order chi connectivity index (χ1) is 13.1. The average molecular weight is 367 g/mol.